The lowest BCUT2D eigenvalue weighted by Crippen LogP contribution is -2.63. The first-order chi connectivity index (χ1) is 11.2. The van der Waals surface area contributed by atoms with E-state index in [9.17, 15) is 24.6 Å². The molecule has 132 valence electrons. The van der Waals surface area contributed by atoms with Crippen molar-refractivity contribution in [2.24, 2.45) is 17.6 Å². The summed E-state index contributed by atoms with van der Waals surface area (Å²) in [5, 5.41) is 22.4. The summed E-state index contributed by atoms with van der Waals surface area (Å²) in [7, 11) is 0. The molecule has 3 aliphatic heterocycles. The molecule has 0 saturated carbocycles. The Kier molecular flexibility index (Phi) is 4.35. The second kappa shape index (κ2) is 6.05. The SMILES string of the molecule is CC(O)C1C(=O)N2C(C(=O)O)=C(SC3CNC(C(N)=O)C3)C(C)[C@@H]12. The fraction of sp³-hybridized carbons (Fsp3) is 0.667. The molecule has 0 radical (unpaired) electrons. The zero-order valence-electron chi connectivity index (χ0n) is 13.4. The molecule has 8 nitrogen and oxygen atoms in total. The van der Waals surface area contributed by atoms with Gasteiger partial charge >= 0.3 is 5.97 Å². The number of hydrogen-bond donors (Lipinski definition) is 4. The molecule has 3 aliphatic rings. The van der Waals surface area contributed by atoms with Crippen LogP contribution in [0.1, 0.15) is 20.3 Å². The molecule has 24 heavy (non-hydrogen) atoms. The molecule has 0 bridgehead atoms. The van der Waals surface area contributed by atoms with Gasteiger partial charge in [0.05, 0.1) is 24.1 Å². The molecule has 5 unspecified atom stereocenters. The van der Waals surface area contributed by atoms with Gasteiger partial charge < -0.3 is 26.2 Å². The van der Waals surface area contributed by atoms with E-state index in [1.165, 1.54) is 16.7 Å². The van der Waals surface area contributed by atoms with Crippen LogP contribution in [0, 0.1) is 11.8 Å². The predicted octanol–water partition coefficient (Wildman–Crippen LogP) is -0.911. The summed E-state index contributed by atoms with van der Waals surface area (Å²) < 4.78 is 0. The van der Waals surface area contributed by atoms with Crippen LogP contribution < -0.4 is 11.1 Å². The molecule has 0 aliphatic carbocycles. The maximum atomic E-state index is 12.3. The number of carbonyl (C=O) groups excluding carboxylic acids is 2. The first-order valence-electron chi connectivity index (χ1n) is 7.92. The van der Waals surface area contributed by atoms with Crippen LogP contribution in [0.2, 0.25) is 0 Å². The minimum atomic E-state index is -1.14. The van der Waals surface area contributed by atoms with Gasteiger partial charge in [-0.15, -0.1) is 11.8 Å². The van der Waals surface area contributed by atoms with Gasteiger partial charge in [0.15, 0.2) is 0 Å². The van der Waals surface area contributed by atoms with Crippen molar-refractivity contribution in [3.8, 4) is 0 Å². The highest BCUT2D eigenvalue weighted by molar-refractivity contribution is 8.03. The normalized spacial score (nSPS) is 36.5. The Labute approximate surface area is 143 Å². The molecule has 5 N–H and O–H groups in total. The van der Waals surface area contributed by atoms with E-state index < -0.39 is 29.9 Å². The van der Waals surface area contributed by atoms with E-state index >= 15 is 0 Å². The van der Waals surface area contributed by atoms with Crippen molar-refractivity contribution in [1.29, 1.82) is 0 Å². The van der Waals surface area contributed by atoms with E-state index in [1.54, 1.807) is 6.92 Å². The van der Waals surface area contributed by atoms with Crippen molar-refractivity contribution in [2.75, 3.05) is 6.54 Å². The lowest BCUT2D eigenvalue weighted by molar-refractivity contribution is -0.163. The molecule has 3 heterocycles. The minimum absolute atomic E-state index is 0.0157. The number of aliphatic hydroxyl groups excluding tert-OH is 1. The van der Waals surface area contributed by atoms with E-state index in [0.717, 1.165) is 0 Å². The lowest BCUT2D eigenvalue weighted by Gasteiger charge is -2.46. The molecule has 0 aromatic rings. The number of primary amides is 1. The molecular formula is C15H21N3O5S. The number of β-lactam (4-membered cyclic amide) rings is 1. The van der Waals surface area contributed by atoms with Gasteiger partial charge in [-0.1, -0.05) is 6.92 Å². The summed E-state index contributed by atoms with van der Waals surface area (Å²) in [5.74, 6) is -2.62. The maximum Gasteiger partial charge on any atom is 0.353 e. The van der Waals surface area contributed by atoms with Crippen LogP contribution in [0.15, 0.2) is 10.6 Å². The van der Waals surface area contributed by atoms with Crippen LogP contribution in [0.5, 0.6) is 0 Å². The molecule has 3 rings (SSSR count). The number of aliphatic hydroxyl groups is 1. The summed E-state index contributed by atoms with van der Waals surface area (Å²) in [5.41, 5.74) is 5.31. The smallest absolute Gasteiger partial charge is 0.353 e. The van der Waals surface area contributed by atoms with E-state index in [4.69, 9.17) is 5.73 Å². The Morgan fingerprint density at radius 2 is 2.12 bits per heavy atom. The van der Waals surface area contributed by atoms with Crippen LogP contribution >= 0.6 is 11.8 Å². The van der Waals surface area contributed by atoms with Crippen LogP contribution in [0.3, 0.4) is 0 Å². The second-order valence-electron chi connectivity index (χ2n) is 6.61. The van der Waals surface area contributed by atoms with E-state index in [0.29, 0.717) is 17.9 Å². The van der Waals surface area contributed by atoms with Crippen LogP contribution in [0.4, 0.5) is 0 Å². The highest BCUT2D eigenvalue weighted by Gasteiger charge is 2.60. The Morgan fingerprint density at radius 1 is 1.46 bits per heavy atom. The molecule has 0 aromatic heterocycles. The fourth-order valence-electron chi connectivity index (χ4n) is 3.87. The number of nitrogens with two attached hydrogens (primary N) is 1. The van der Waals surface area contributed by atoms with Gasteiger partial charge in [0.1, 0.15) is 5.70 Å². The Hall–Kier alpha value is -1.58. The maximum absolute atomic E-state index is 12.3. The number of aliphatic carboxylic acids is 1. The molecule has 2 fully saturated rings. The number of carboxylic acid groups (broad SMARTS) is 1. The molecule has 9 heteroatoms. The van der Waals surface area contributed by atoms with Crippen LogP contribution in [-0.4, -0.2) is 62.9 Å². The Morgan fingerprint density at radius 3 is 2.62 bits per heavy atom. The van der Waals surface area contributed by atoms with E-state index in [1.807, 2.05) is 6.92 Å². The van der Waals surface area contributed by atoms with Gasteiger partial charge in [0.2, 0.25) is 11.8 Å². The highest BCUT2D eigenvalue weighted by Crippen LogP contribution is 2.51. The summed E-state index contributed by atoms with van der Waals surface area (Å²) >= 11 is 1.40. The first kappa shape index (κ1) is 17.2. The average molecular weight is 355 g/mol. The third-order valence-electron chi connectivity index (χ3n) is 5.04. The topological polar surface area (TPSA) is 133 Å². The van der Waals surface area contributed by atoms with Crippen LogP contribution in [-0.2, 0) is 14.4 Å². The fourth-order valence-corrected chi connectivity index (χ4v) is 5.35. The largest absolute Gasteiger partial charge is 0.477 e. The van der Waals surface area contributed by atoms with Gasteiger partial charge in [-0.25, -0.2) is 4.79 Å². The Balaban J connectivity index is 1.83. The van der Waals surface area contributed by atoms with Gasteiger partial charge in [-0.05, 0) is 13.3 Å². The summed E-state index contributed by atoms with van der Waals surface area (Å²) in [6.07, 6.45) is -0.283. The quantitative estimate of drug-likeness (QED) is 0.469. The number of amides is 2. The van der Waals surface area contributed by atoms with Crippen molar-refractivity contribution < 1.29 is 24.6 Å². The molecule has 0 spiro atoms. The van der Waals surface area contributed by atoms with Crippen molar-refractivity contribution >= 4 is 29.5 Å². The molecule has 0 aromatic carbocycles. The predicted molar refractivity (Wildman–Crippen MR) is 86.6 cm³/mol. The van der Waals surface area contributed by atoms with Crippen molar-refractivity contribution in [3.63, 3.8) is 0 Å². The van der Waals surface area contributed by atoms with Crippen molar-refractivity contribution in [2.45, 2.75) is 43.7 Å². The average Bonchev–Trinajstić information content (AvgIpc) is 3.03. The number of fused-ring (bicyclic) bond motifs is 1. The van der Waals surface area contributed by atoms with Gasteiger partial charge in [0.25, 0.3) is 0 Å². The number of nitrogens with one attached hydrogen (secondary N) is 1. The number of hydrogen-bond acceptors (Lipinski definition) is 6. The standard InChI is InChI=1S/C15H21N3O5S/c1-5-10-9(6(2)19)14(21)18(10)11(15(22)23)12(5)24-7-3-8(13(16)20)17-4-7/h5-10,17,19H,3-4H2,1-2H3,(H2,16,20)(H,22,23)/t5?,6?,7?,8?,9?,10-/m0/s1. The number of carboxylic acids is 1. The van der Waals surface area contributed by atoms with Gasteiger partial charge in [-0.2, -0.15) is 0 Å². The van der Waals surface area contributed by atoms with Crippen LogP contribution in [0.25, 0.3) is 0 Å². The summed E-state index contributed by atoms with van der Waals surface area (Å²) in [6.45, 7) is 3.99. The molecule has 6 atom stereocenters. The third-order valence-corrected chi connectivity index (χ3v) is 6.55. The van der Waals surface area contributed by atoms with Crippen molar-refractivity contribution in [3.05, 3.63) is 10.6 Å². The molecule has 2 amide bonds. The summed E-state index contributed by atoms with van der Waals surface area (Å²) in [6, 6.07) is -0.718. The van der Waals surface area contributed by atoms with Crippen molar-refractivity contribution in [1.82, 2.24) is 10.2 Å². The highest BCUT2D eigenvalue weighted by atomic mass is 32.2. The zero-order valence-corrected chi connectivity index (χ0v) is 14.2. The summed E-state index contributed by atoms with van der Waals surface area (Å²) in [4.78, 5) is 37.2. The molecular weight excluding hydrogens is 334 g/mol. The molecule has 2 saturated heterocycles. The minimum Gasteiger partial charge on any atom is -0.477 e. The van der Waals surface area contributed by atoms with E-state index in [2.05, 4.69) is 5.32 Å². The van der Waals surface area contributed by atoms with E-state index in [-0.39, 0.29) is 28.8 Å². The number of carbonyl (C=O) groups is 3. The van der Waals surface area contributed by atoms with Gasteiger partial charge in [0, 0.05) is 22.6 Å². The second-order valence-corrected chi connectivity index (χ2v) is 7.95. The number of thioether (sulfide) groups is 1. The Bertz CT molecular complexity index is 635. The number of rotatable bonds is 5. The monoisotopic (exact) mass is 355 g/mol. The number of nitrogens with zero attached hydrogens (tertiary/aromatic N) is 1. The van der Waals surface area contributed by atoms with Gasteiger partial charge in [-0.3, -0.25) is 9.59 Å². The third kappa shape index (κ3) is 2.51. The lowest BCUT2D eigenvalue weighted by atomic mass is 9.79. The zero-order chi connectivity index (χ0) is 17.8. The first-order valence-corrected chi connectivity index (χ1v) is 8.80.